The van der Waals surface area contributed by atoms with Gasteiger partial charge in [-0.3, -0.25) is 39.4 Å². The van der Waals surface area contributed by atoms with Gasteiger partial charge in [-0.15, -0.1) is 0 Å². The maximum Gasteiger partial charge on any atom is 0.394 e. The number of nitrogens with two attached hydrogens (primary N) is 1. The average molecular weight is 1110 g/mol. The molecule has 21 nitrogen and oxygen atoms in total. The number of carboxylic acids is 1. The number of carboxylic acid groups (broad SMARTS) is 1. The molecule has 0 heterocycles. The summed E-state index contributed by atoms with van der Waals surface area (Å²) < 4.78 is 41.0. The SMILES string of the molecule is CC(C)(C)c1ccc([N+](=O)[O-])cc1C#N.CC(C)(C)c1ccc([N+](=O)[O-])cc1C(=O)O.CI.COC(=O)c1cc(N)ccc1C(C)(C)C.COC(=O)c1cc([N+](=O)[O-])ccc1C(C)(C)C.O=S(=O)(O)O. The van der Waals surface area contributed by atoms with Gasteiger partial charge in [0.25, 0.3) is 17.1 Å². The minimum Gasteiger partial charge on any atom is -0.478 e. The molecule has 0 radical (unpaired) electrons. The Kier molecular flexibility index (Phi) is 25.8. The van der Waals surface area contributed by atoms with Crippen molar-refractivity contribution < 1.29 is 61.3 Å². The fourth-order valence-electron chi connectivity index (χ4n) is 5.94. The van der Waals surface area contributed by atoms with Crippen LogP contribution in [-0.2, 0) is 41.5 Å². The molecule has 4 rings (SSSR count). The third kappa shape index (κ3) is 22.7. The van der Waals surface area contributed by atoms with Crippen LogP contribution in [0.2, 0.25) is 0 Å². The van der Waals surface area contributed by atoms with Crippen LogP contribution in [0.15, 0.2) is 72.8 Å². The van der Waals surface area contributed by atoms with Gasteiger partial charge in [-0.1, -0.05) is 130 Å². The Labute approximate surface area is 421 Å². The summed E-state index contributed by atoms with van der Waals surface area (Å²) in [6, 6.07) is 19.9. The summed E-state index contributed by atoms with van der Waals surface area (Å²) in [5.74, 6) is -2.04. The van der Waals surface area contributed by atoms with Gasteiger partial charge >= 0.3 is 28.3 Å². The molecule has 4 aromatic rings. The number of carbonyl (C=O) groups is 3. The Morgan fingerprint density at radius 3 is 1.13 bits per heavy atom. The molecule has 0 atom stereocenters. The molecule has 0 fully saturated rings. The van der Waals surface area contributed by atoms with Crippen molar-refractivity contribution in [1.82, 2.24) is 0 Å². The van der Waals surface area contributed by atoms with E-state index in [2.05, 4.69) is 27.3 Å². The standard InChI is InChI=1S/C12H15NO4.C12H17NO2.C11H12N2O2.C11H13NO4.CH3I.H2O4S/c1-12(2,3)10-6-5-8(13(15)16)7-9(10)11(14)17-4;1-12(2,3)10-6-5-8(13)7-9(10)11(14)15-4;1-11(2,3)10-5-4-9(13(14)15)6-8(10)7-12;1-11(2,3)9-5-4-7(12(15)16)6-8(9)10(13)14;1-2;1-5(2,3)4/h5-7H,1-4H3;5-7H,13H2,1-4H3;4-6H,1-3H3;4-6H,1-3H3,(H,13,14);1H3;(H2,1,2,3,4). The number of halogens is 1. The molecule has 23 heteroatoms. The summed E-state index contributed by atoms with van der Waals surface area (Å²) in [6.07, 6.45) is 0. The lowest BCUT2D eigenvalue weighted by atomic mass is 9.83. The smallest absolute Gasteiger partial charge is 0.394 e. The van der Waals surface area contributed by atoms with Crippen molar-refractivity contribution in [1.29, 1.82) is 5.26 Å². The zero-order chi connectivity index (χ0) is 55.5. The second-order valence-corrected chi connectivity index (χ2v) is 19.5. The molecular formula is C47H62IN5O16S. The Morgan fingerprint density at radius 2 is 0.843 bits per heavy atom. The minimum absolute atomic E-state index is 0.0123. The number of nitrogens with zero attached hydrogens (tertiary/aromatic N) is 4. The van der Waals surface area contributed by atoms with E-state index in [-0.39, 0.29) is 55.8 Å². The van der Waals surface area contributed by atoms with Crippen LogP contribution in [0, 0.1) is 41.7 Å². The first-order valence-electron chi connectivity index (χ1n) is 20.4. The van der Waals surface area contributed by atoms with E-state index in [1.165, 1.54) is 50.6 Å². The Balaban J connectivity index is 0. The average Bonchev–Trinajstić information content (AvgIpc) is 3.24. The third-order valence-electron chi connectivity index (χ3n) is 9.08. The predicted molar refractivity (Wildman–Crippen MR) is 273 cm³/mol. The number of aromatic carboxylic acids is 1. The number of non-ortho nitro benzene ring substituents is 3. The highest BCUT2D eigenvalue weighted by molar-refractivity contribution is 14.1. The molecule has 0 saturated heterocycles. The van der Waals surface area contributed by atoms with Crippen molar-refractivity contribution in [2.75, 3.05) is 24.9 Å². The number of nitro benzene ring substituents is 3. The van der Waals surface area contributed by atoms with Crippen molar-refractivity contribution in [3.63, 3.8) is 0 Å². The maximum atomic E-state index is 11.6. The van der Waals surface area contributed by atoms with Crippen LogP contribution in [0.25, 0.3) is 0 Å². The van der Waals surface area contributed by atoms with E-state index in [0.717, 1.165) is 22.8 Å². The third-order valence-corrected chi connectivity index (χ3v) is 9.08. The topological polar surface area (TPSA) is 344 Å². The highest BCUT2D eigenvalue weighted by Crippen LogP contribution is 2.32. The number of rotatable bonds is 6. The minimum atomic E-state index is -4.67. The zero-order valence-electron chi connectivity index (χ0n) is 41.7. The number of nitrogen functional groups attached to an aromatic ring is 1. The molecule has 0 aliphatic heterocycles. The predicted octanol–water partition coefficient (Wildman–Crippen LogP) is 10.8. The monoisotopic (exact) mass is 1110 g/mol. The summed E-state index contributed by atoms with van der Waals surface area (Å²) in [5.41, 5.74) is 9.20. The summed E-state index contributed by atoms with van der Waals surface area (Å²) in [5, 5.41) is 49.7. The fourth-order valence-corrected chi connectivity index (χ4v) is 5.94. The maximum absolute atomic E-state index is 11.6. The van der Waals surface area contributed by atoms with Gasteiger partial charge in [0, 0.05) is 42.1 Å². The number of hydrogen-bond donors (Lipinski definition) is 4. The van der Waals surface area contributed by atoms with Crippen LogP contribution in [0.4, 0.5) is 22.7 Å². The number of benzene rings is 4. The van der Waals surface area contributed by atoms with Gasteiger partial charge < -0.3 is 20.3 Å². The second-order valence-electron chi connectivity index (χ2n) is 18.6. The number of methoxy groups -OCH3 is 2. The van der Waals surface area contributed by atoms with Gasteiger partial charge in [0.2, 0.25) is 0 Å². The molecule has 0 aromatic heterocycles. The summed E-state index contributed by atoms with van der Waals surface area (Å²) in [4.78, 5) is 66.3. The molecule has 0 spiro atoms. The second kappa shape index (κ2) is 27.5. The first kappa shape index (κ1) is 65.5. The van der Waals surface area contributed by atoms with Crippen LogP contribution < -0.4 is 5.73 Å². The summed E-state index contributed by atoms with van der Waals surface area (Å²) in [7, 11) is -2.04. The van der Waals surface area contributed by atoms with E-state index in [9.17, 15) is 44.7 Å². The molecule has 0 saturated carbocycles. The van der Waals surface area contributed by atoms with Crippen molar-refractivity contribution in [3.05, 3.63) is 148 Å². The molecular weight excluding hydrogens is 1050 g/mol. The summed E-state index contributed by atoms with van der Waals surface area (Å²) >= 11 is 2.15. The van der Waals surface area contributed by atoms with Gasteiger partial charge in [0.15, 0.2) is 0 Å². The Hall–Kier alpha value is -6.62. The van der Waals surface area contributed by atoms with Crippen molar-refractivity contribution in [2.24, 2.45) is 0 Å². The van der Waals surface area contributed by atoms with E-state index in [4.69, 9.17) is 38.4 Å². The number of ether oxygens (including phenoxy) is 2. The van der Waals surface area contributed by atoms with Crippen LogP contribution in [0.1, 0.15) is 142 Å². The zero-order valence-corrected chi connectivity index (χ0v) is 44.7. The molecule has 0 aliphatic rings. The van der Waals surface area contributed by atoms with Crippen molar-refractivity contribution in [2.45, 2.75) is 105 Å². The van der Waals surface area contributed by atoms with Crippen molar-refractivity contribution >= 4 is 73.6 Å². The molecule has 70 heavy (non-hydrogen) atoms. The molecule has 0 bridgehead atoms. The van der Waals surface area contributed by atoms with E-state index in [1.54, 1.807) is 24.3 Å². The first-order valence-corrected chi connectivity index (χ1v) is 23.9. The van der Waals surface area contributed by atoms with E-state index >= 15 is 0 Å². The van der Waals surface area contributed by atoms with Crippen LogP contribution >= 0.6 is 22.6 Å². The molecule has 4 aromatic carbocycles. The summed E-state index contributed by atoms with van der Waals surface area (Å²) in [6.45, 7) is 23.4. The quantitative estimate of drug-likeness (QED) is 0.0265. The Morgan fingerprint density at radius 1 is 0.571 bits per heavy atom. The van der Waals surface area contributed by atoms with Gasteiger partial charge in [-0.05, 0) is 61.0 Å². The van der Waals surface area contributed by atoms with Crippen LogP contribution in [-0.4, -0.2) is 74.5 Å². The van der Waals surface area contributed by atoms with Crippen molar-refractivity contribution in [3.8, 4) is 6.07 Å². The number of anilines is 1. The first-order chi connectivity index (χ1) is 31.7. The molecule has 0 unspecified atom stereocenters. The normalized spacial score (nSPS) is 10.9. The lowest BCUT2D eigenvalue weighted by Crippen LogP contribution is -2.18. The highest BCUT2D eigenvalue weighted by atomic mass is 127. The van der Waals surface area contributed by atoms with Crippen LogP contribution in [0.3, 0.4) is 0 Å². The molecule has 5 N–H and O–H groups in total. The number of carbonyl (C=O) groups excluding carboxylic acids is 2. The number of alkyl halides is 1. The van der Waals surface area contributed by atoms with E-state index in [1.807, 2.05) is 100 Å². The largest absolute Gasteiger partial charge is 0.478 e. The van der Waals surface area contributed by atoms with Gasteiger partial charge in [-0.2, -0.15) is 13.7 Å². The number of nitro groups is 3. The van der Waals surface area contributed by atoms with Gasteiger partial charge in [0.05, 0.1) is 57.3 Å². The van der Waals surface area contributed by atoms with Crippen LogP contribution in [0.5, 0.6) is 0 Å². The van der Waals surface area contributed by atoms with E-state index in [0.29, 0.717) is 22.4 Å². The lowest BCUT2D eigenvalue weighted by molar-refractivity contribution is -0.385. The molecule has 0 aliphatic carbocycles. The number of esters is 2. The molecule has 0 amide bonds. The van der Waals surface area contributed by atoms with Gasteiger partial charge in [-0.25, -0.2) is 14.4 Å². The van der Waals surface area contributed by atoms with Gasteiger partial charge in [0.1, 0.15) is 0 Å². The number of hydrogen-bond acceptors (Lipinski definition) is 15. The highest BCUT2D eigenvalue weighted by Gasteiger charge is 2.26. The van der Waals surface area contributed by atoms with E-state index < -0.39 is 37.1 Å². The molecule has 384 valence electrons. The lowest BCUT2D eigenvalue weighted by Gasteiger charge is -2.22. The Bertz CT molecular complexity index is 2650. The fraction of sp³-hybridized carbons (Fsp3) is 0.404. The number of nitriles is 1.